The summed E-state index contributed by atoms with van der Waals surface area (Å²) in [6.45, 7) is 5.08. The van der Waals surface area contributed by atoms with Crippen LogP contribution in [0.4, 0.5) is 13.2 Å². The van der Waals surface area contributed by atoms with Crippen molar-refractivity contribution in [3.05, 3.63) is 107 Å². The SMILES string of the molecule is C=C(C(C)=O)[C@@H](c1ccc(C(F)(F)F)cc1)n1cc(C(=O)Cc2ccccc2)cc1C#N. The van der Waals surface area contributed by atoms with Crippen LogP contribution in [0.3, 0.4) is 0 Å². The standard InChI is InChI=1S/C25H19F3N2O2/c1-16(17(2)31)24(19-8-10-21(11-9-19)25(26,27)28)30-15-20(13-22(30)14-29)23(32)12-18-6-4-3-5-7-18/h3-11,13,15,24H,1,12H2,2H3/t24-/m0/s1. The van der Waals surface area contributed by atoms with Crippen LogP contribution >= 0.6 is 0 Å². The Morgan fingerprint density at radius 2 is 1.72 bits per heavy atom. The van der Waals surface area contributed by atoms with E-state index < -0.39 is 17.8 Å². The zero-order valence-corrected chi connectivity index (χ0v) is 17.2. The van der Waals surface area contributed by atoms with Crippen LogP contribution in [0, 0.1) is 11.3 Å². The van der Waals surface area contributed by atoms with Crippen LogP contribution in [0.5, 0.6) is 0 Å². The van der Waals surface area contributed by atoms with Gasteiger partial charge in [-0.15, -0.1) is 0 Å². The van der Waals surface area contributed by atoms with E-state index in [4.69, 9.17) is 0 Å². The van der Waals surface area contributed by atoms with Crippen molar-refractivity contribution < 1.29 is 22.8 Å². The molecule has 1 aromatic heterocycles. The van der Waals surface area contributed by atoms with E-state index in [1.54, 1.807) is 0 Å². The van der Waals surface area contributed by atoms with Crippen LogP contribution in [-0.2, 0) is 17.4 Å². The van der Waals surface area contributed by atoms with Crippen molar-refractivity contribution in [1.82, 2.24) is 4.57 Å². The third-order valence-corrected chi connectivity index (χ3v) is 5.11. The van der Waals surface area contributed by atoms with Crippen molar-refractivity contribution >= 4 is 11.6 Å². The summed E-state index contributed by atoms with van der Waals surface area (Å²) < 4.78 is 40.3. The molecule has 1 heterocycles. The molecular formula is C25H19F3N2O2. The van der Waals surface area contributed by atoms with E-state index in [0.717, 1.165) is 17.7 Å². The van der Waals surface area contributed by atoms with E-state index >= 15 is 0 Å². The molecule has 4 nitrogen and oxygen atoms in total. The fraction of sp³-hybridized carbons (Fsp3) is 0.160. The molecule has 0 spiro atoms. The highest BCUT2D eigenvalue weighted by molar-refractivity contribution is 5.98. The van der Waals surface area contributed by atoms with Gasteiger partial charge in [0.15, 0.2) is 11.6 Å². The maximum absolute atomic E-state index is 13.0. The summed E-state index contributed by atoms with van der Waals surface area (Å²) in [4.78, 5) is 24.9. The quantitative estimate of drug-likeness (QED) is 0.361. The van der Waals surface area contributed by atoms with Crippen molar-refractivity contribution in [1.29, 1.82) is 5.26 Å². The van der Waals surface area contributed by atoms with E-state index in [0.29, 0.717) is 5.56 Å². The minimum Gasteiger partial charge on any atom is -0.327 e. The molecule has 0 aliphatic heterocycles. The van der Waals surface area contributed by atoms with Gasteiger partial charge in [-0.05, 0) is 36.2 Å². The Morgan fingerprint density at radius 1 is 1.09 bits per heavy atom. The van der Waals surface area contributed by atoms with E-state index in [-0.39, 0.29) is 34.8 Å². The average molecular weight is 436 g/mol. The fourth-order valence-corrected chi connectivity index (χ4v) is 3.39. The Balaban J connectivity index is 2.03. The van der Waals surface area contributed by atoms with Gasteiger partial charge in [0.1, 0.15) is 11.8 Å². The second-order valence-corrected chi connectivity index (χ2v) is 7.32. The van der Waals surface area contributed by atoms with Gasteiger partial charge in [0.05, 0.1) is 11.6 Å². The number of aromatic nitrogens is 1. The number of carbonyl (C=O) groups is 2. The first-order valence-electron chi connectivity index (χ1n) is 9.67. The molecule has 0 N–H and O–H groups in total. The molecule has 1 atom stereocenters. The second kappa shape index (κ2) is 9.06. The van der Waals surface area contributed by atoms with Crippen molar-refractivity contribution in [3.8, 4) is 6.07 Å². The number of hydrogen-bond acceptors (Lipinski definition) is 3. The number of nitrogens with zero attached hydrogens (tertiary/aromatic N) is 2. The van der Waals surface area contributed by atoms with Gasteiger partial charge >= 0.3 is 6.18 Å². The topological polar surface area (TPSA) is 62.9 Å². The number of hydrogen-bond donors (Lipinski definition) is 0. The highest BCUT2D eigenvalue weighted by Gasteiger charge is 2.31. The first kappa shape index (κ1) is 22.8. The molecule has 3 rings (SSSR count). The van der Waals surface area contributed by atoms with Crippen molar-refractivity contribution in [2.75, 3.05) is 0 Å². The van der Waals surface area contributed by atoms with Crippen molar-refractivity contribution in [3.63, 3.8) is 0 Å². The van der Waals surface area contributed by atoms with Gasteiger partial charge < -0.3 is 4.57 Å². The smallest absolute Gasteiger partial charge is 0.327 e. The summed E-state index contributed by atoms with van der Waals surface area (Å²) in [5.41, 5.74) is 0.745. The summed E-state index contributed by atoms with van der Waals surface area (Å²) in [6, 6.07) is 15.9. The monoisotopic (exact) mass is 436 g/mol. The molecule has 0 saturated carbocycles. The van der Waals surface area contributed by atoms with Crippen molar-refractivity contribution in [2.24, 2.45) is 0 Å². The number of benzene rings is 2. The predicted molar refractivity (Wildman–Crippen MR) is 113 cm³/mol. The number of nitriles is 1. The zero-order valence-electron chi connectivity index (χ0n) is 17.2. The summed E-state index contributed by atoms with van der Waals surface area (Å²) in [7, 11) is 0. The van der Waals surface area contributed by atoms with Crippen LogP contribution < -0.4 is 0 Å². The molecule has 0 unspecified atom stereocenters. The first-order valence-corrected chi connectivity index (χ1v) is 9.67. The third-order valence-electron chi connectivity index (χ3n) is 5.11. The lowest BCUT2D eigenvalue weighted by molar-refractivity contribution is -0.137. The highest BCUT2D eigenvalue weighted by Crippen LogP contribution is 2.33. The van der Waals surface area contributed by atoms with Gasteiger partial charge in [-0.25, -0.2) is 0 Å². The molecule has 0 bridgehead atoms. The van der Waals surface area contributed by atoms with Gasteiger partial charge in [-0.1, -0.05) is 49.0 Å². The lowest BCUT2D eigenvalue weighted by Crippen LogP contribution is -2.18. The number of ketones is 2. The molecule has 2 aromatic carbocycles. The van der Waals surface area contributed by atoms with Crippen LogP contribution in [0.1, 0.15) is 45.7 Å². The molecule has 0 amide bonds. The van der Waals surface area contributed by atoms with Crippen LogP contribution in [0.25, 0.3) is 0 Å². The fourth-order valence-electron chi connectivity index (χ4n) is 3.39. The summed E-state index contributed by atoms with van der Waals surface area (Å²) in [5, 5.41) is 9.62. The average Bonchev–Trinajstić information content (AvgIpc) is 3.18. The number of allylic oxidation sites excluding steroid dienone is 1. The van der Waals surface area contributed by atoms with Gasteiger partial charge in [0.2, 0.25) is 0 Å². The number of alkyl halides is 3. The van der Waals surface area contributed by atoms with Crippen LogP contribution in [0.2, 0.25) is 0 Å². The molecule has 32 heavy (non-hydrogen) atoms. The lowest BCUT2D eigenvalue weighted by Gasteiger charge is -2.22. The largest absolute Gasteiger partial charge is 0.416 e. The molecule has 7 heteroatoms. The molecule has 0 aliphatic rings. The van der Waals surface area contributed by atoms with E-state index in [9.17, 15) is 28.0 Å². The van der Waals surface area contributed by atoms with Gasteiger partial charge in [-0.2, -0.15) is 18.4 Å². The Kier molecular flexibility index (Phi) is 6.45. The third kappa shape index (κ3) is 4.86. The molecule has 0 saturated heterocycles. The van der Waals surface area contributed by atoms with Gasteiger partial charge in [0.25, 0.3) is 0 Å². The number of Topliss-reactive ketones (excluding diaryl/α,β-unsaturated/α-hetero) is 2. The zero-order chi connectivity index (χ0) is 23.5. The summed E-state index contributed by atoms with van der Waals surface area (Å²) >= 11 is 0. The molecule has 162 valence electrons. The number of rotatable bonds is 7. The minimum absolute atomic E-state index is 0.0823. The summed E-state index contributed by atoms with van der Waals surface area (Å²) in [6.07, 6.45) is -2.94. The van der Waals surface area contributed by atoms with Crippen LogP contribution in [-0.4, -0.2) is 16.1 Å². The van der Waals surface area contributed by atoms with Gasteiger partial charge in [-0.3, -0.25) is 9.59 Å². The van der Waals surface area contributed by atoms with E-state index in [1.165, 1.54) is 35.9 Å². The molecule has 3 aromatic rings. The Bertz CT molecular complexity index is 1200. The second-order valence-electron chi connectivity index (χ2n) is 7.32. The molecule has 0 radical (unpaired) electrons. The normalized spacial score (nSPS) is 12.1. The first-order chi connectivity index (χ1) is 15.1. The molecule has 0 fully saturated rings. The molecule has 0 aliphatic carbocycles. The van der Waals surface area contributed by atoms with Gasteiger partial charge in [0, 0.05) is 23.8 Å². The maximum atomic E-state index is 13.0. The predicted octanol–water partition coefficient (Wildman–Crippen LogP) is 5.54. The van der Waals surface area contributed by atoms with E-state index in [1.807, 2.05) is 36.4 Å². The number of halogens is 3. The Labute approximate surface area is 183 Å². The molecular weight excluding hydrogens is 417 g/mol. The maximum Gasteiger partial charge on any atom is 0.416 e. The Morgan fingerprint density at radius 3 is 2.25 bits per heavy atom. The Hall–Kier alpha value is -3.92. The highest BCUT2D eigenvalue weighted by atomic mass is 19.4. The van der Waals surface area contributed by atoms with Crippen molar-refractivity contribution in [2.45, 2.75) is 25.6 Å². The van der Waals surface area contributed by atoms with E-state index in [2.05, 4.69) is 6.58 Å². The minimum atomic E-state index is -4.51. The summed E-state index contributed by atoms with van der Waals surface area (Å²) in [5.74, 6) is -0.615. The number of carbonyl (C=O) groups excluding carboxylic acids is 2. The van der Waals surface area contributed by atoms with Crippen LogP contribution in [0.15, 0.2) is 79.0 Å². The lowest BCUT2D eigenvalue weighted by atomic mass is 9.96.